The van der Waals surface area contributed by atoms with Crippen LogP contribution in [0, 0.1) is 0 Å². The topological polar surface area (TPSA) is 45.2 Å². The van der Waals surface area contributed by atoms with Crippen LogP contribution in [0.4, 0.5) is 5.82 Å². The van der Waals surface area contributed by atoms with Gasteiger partial charge in [0.25, 0.3) is 5.91 Å². The molecule has 0 saturated heterocycles. The average Bonchev–Trinajstić information content (AvgIpc) is 2.93. The van der Waals surface area contributed by atoms with Crippen LogP contribution in [-0.4, -0.2) is 29.4 Å². The van der Waals surface area contributed by atoms with Gasteiger partial charge in [-0.3, -0.25) is 4.79 Å². The standard InChI is InChI=1S/C14H16ClN3OS/c1-3-16-12-7-6-11(15)13(17-12)14(19)18(2)9-10-5-4-8-20-10/h4-8H,3,9H2,1-2H3,(H,16,17). The molecule has 0 unspecified atom stereocenters. The number of hydrogen-bond donors (Lipinski definition) is 1. The first kappa shape index (κ1) is 14.8. The van der Waals surface area contributed by atoms with Gasteiger partial charge in [-0.2, -0.15) is 0 Å². The number of rotatable bonds is 5. The van der Waals surface area contributed by atoms with Gasteiger partial charge >= 0.3 is 0 Å². The molecular weight excluding hydrogens is 294 g/mol. The molecule has 4 nitrogen and oxygen atoms in total. The maximum absolute atomic E-state index is 12.4. The lowest BCUT2D eigenvalue weighted by Crippen LogP contribution is -2.27. The number of halogens is 1. The fourth-order valence-electron chi connectivity index (χ4n) is 1.76. The van der Waals surface area contributed by atoms with E-state index in [2.05, 4.69) is 10.3 Å². The lowest BCUT2D eigenvalue weighted by atomic mass is 10.3. The Morgan fingerprint density at radius 2 is 2.25 bits per heavy atom. The second-order valence-corrected chi connectivity index (χ2v) is 5.74. The number of thiophene rings is 1. The third-order valence-corrected chi connectivity index (χ3v) is 3.89. The van der Waals surface area contributed by atoms with Crippen molar-refractivity contribution in [3.8, 4) is 0 Å². The molecule has 1 amide bonds. The van der Waals surface area contributed by atoms with Crippen molar-refractivity contribution in [3.05, 3.63) is 45.2 Å². The van der Waals surface area contributed by atoms with Crippen LogP contribution in [0.5, 0.6) is 0 Å². The van der Waals surface area contributed by atoms with E-state index >= 15 is 0 Å². The zero-order valence-electron chi connectivity index (χ0n) is 11.4. The minimum Gasteiger partial charge on any atom is -0.370 e. The van der Waals surface area contributed by atoms with E-state index in [-0.39, 0.29) is 11.6 Å². The number of aromatic nitrogens is 1. The Bertz CT molecular complexity index is 586. The Morgan fingerprint density at radius 3 is 2.90 bits per heavy atom. The first-order valence-electron chi connectivity index (χ1n) is 6.30. The molecule has 106 valence electrons. The summed E-state index contributed by atoms with van der Waals surface area (Å²) in [4.78, 5) is 19.4. The summed E-state index contributed by atoms with van der Waals surface area (Å²) in [6.07, 6.45) is 0. The minimum atomic E-state index is -0.178. The molecule has 0 atom stereocenters. The van der Waals surface area contributed by atoms with Crippen LogP contribution in [0.3, 0.4) is 0 Å². The van der Waals surface area contributed by atoms with Gasteiger partial charge in [-0.15, -0.1) is 11.3 Å². The van der Waals surface area contributed by atoms with Crippen LogP contribution in [-0.2, 0) is 6.54 Å². The van der Waals surface area contributed by atoms with Crippen molar-refractivity contribution >= 4 is 34.7 Å². The van der Waals surface area contributed by atoms with E-state index in [0.717, 1.165) is 11.4 Å². The van der Waals surface area contributed by atoms with Crippen LogP contribution < -0.4 is 5.32 Å². The molecule has 0 spiro atoms. The van der Waals surface area contributed by atoms with E-state index in [0.29, 0.717) is 17.4 Å². The molecule has 0 aromatic carbocycles. The zero-order chi connectivity index (χ0) is 14.5. The highest BCUT2D eigenvalue weighted by atomic mass is 35.5. The van der Waals surface area contributed by atoms with Crippen LogP contribution in [0.15, 0.2) is 29.6 Å². The molecule has 0 radical (unpaired) electrons. The summed E-state index contributed by atoms with van der Waals surface area (Å²) in [7, 11) is 1.75. The maximum Gasteiger partial charge on any atom is 0.274 e. The number of pyridine rings is 1. The summed E-state index contributed by atoms with van der Waals surface area (Å²) in [5, 5.41) is 5.44. The van der Waals surface area contributed by atoms with Crippen molar-refractivity contribution in [2.24, 2.45) is 0 Å². The Hall–Kier alpha value is -1.59. The Labute approximate surface area is 127 Å². The predicted octanol–water partition coefficient (Wildman–Crippen LogP) is 3.50. The smallest absolute Gasteiger partial charge is 0.274 e. The average molecular weight is 310 g/mol. The van der Waals surface area contributed by atoms with E-state index in [1.54, 1.807) is 35.4 Å². The van der Waals surface area contributed by atoms with Crippen LogP contribution >= 0.6 is 22.9 Å². The van der Waals surface area contributed by atoms with Gasteiger partial charge in [-0.1, -0.05) is 17.7 Å². The maximum atomic E-state index is 12.4. The highest BCUT2D eigenvalue weighted by Gasteiger charge is 2.18. The number of nitrogens with zero attached hydrogens (tertiary/aromatic N) is 2. The Morgan fingerprint density at radius 1 is 1.45 bits per heavy atom. The number of carbonyl (C=O) groups is 1. The molecule has 2 aromatic rings. The van der Waals surface area contributed by atoms with E-state index in [1.807, 2.05) is 24.4 Å². The second-order valence-electron chi connectivity index (χ2n) is 4.30. The molecule has 0 aliphatic rings. The number of hydrogen-bond acceptors (Lipinski definition) is 4. The molecule has 2 aromatic heterocycles. The normalized spacial score (nSPS) is 10.3. The molecule has 2 rings (SSSR count). The zero-order valence-corrected chi connectivity index (χ0v) is 13.0. The van der Waals surface area contributed by atoms with Gasteiger partial charge in [-0.25, -0.2) is 4.98 Å². The lowest BCUT2D eigenvalue weighted by Gasteiger charge is -2.17. The summed E-state index contributed by atoms with van der Waals surface area (Å²) in [5.41, 5.74) is 0.282. The van der Waals surface area contributed by atoms with Gasteiger partial charge in [0, 0.05) is 18.5 Å². The van der Waals surface area contributed by atoms with Crippen LogP contribution in [0.2, 0.25) is 5.02 Å². The molecule has 0 bridgehead atoms. The van der Waals surface area contributed by atoms with Crippen molar-refractivity contribution in [1.29, 1.82) is 0 Å². The molecule has 0 saturated carbocycles. The molecule has 0 aliphatic heterocycles. The van der Waals surface area contributed by atoms with Crippen molar-refractivity contribution in [2.45, 2.75) is 13.5 Å². The van der Waals surface area contributed by atoms with Gasteiger partial charge in [0.2, 0.25) is 0 Å². The Kier molecular flexibility index (Phi) is 4.98. The van der Waals surface area contributed by atoms with Crippen molar-refractivity contribution in [2.75, 3.05) is 18.9 Å². The molecule has 0 fully saturated rings. The summed E-state index contributed by atoms with van der Waals surface area (Å²) in [5.74, 6) is 0.480. The lowest BCUT2D eigenvalue weighted by molar-refractivity contribution is 0.0781. The predicted molar refractivity (Wildman–Crippen MR) is 83.5 cm³/mol. The largest absolute Gasteiger partial charge is 0.370 e. The monoisotopic (exact) mass is 309 g/mol. The van der Waals surface area contributed by atoms with Gasteiger partial charge in [-0.05, 0) is 30.5 Å². The summed E-state index contributed by atoms with van der Waals surface area (Å²) >= 11 is 7.70. The van der Waals surface area contributed by atoms with Gasteiger partial charge < -0.3 is 10.2 Å². The van der Waals surface area contributed by atoms with Crippen molar-refractivity contribution in [3.63, 3.8) is 0 Å². The molecule has 6 heteroatoms. The second kappa shape index (κ2) is 6.72. The van der Waals surface area contributed by atoms with E-state index in [4.69, 9.17) is 11.6 Å². The highest BCUT2D eigenvalue weighted by Crippen LogP contribution is 2.19. The third kappa shape index (κ3) is 3.49. The van der Waals surface area contributed by atoms with E-state index < -0.39 is 0 Å². The summed E-state index contributed by atoms with van der Waals surface area (Å²) in [6, 6.07) is 7.43. The number of anilines is 1. The van der Waals surface area contributed by atoms with Crippen molar-refractivity contribution < 1.29 is 4.79 Å². The first-order chi connectivity index (χ1) is 9.61. The van der Waals surface area contributed by atoms with E-state index in [1.165, 1.54) is 0 Å². The summed E-state index contributed by atoms with van der Waals surface area (Å²) < 4.78 is 0. The first-order valence-corrected chi connectivity index (χ1v) is 7.56. The number of nitrogens with one attached hydrogen (secondary N) is 1. The minimum absolute atomic E-state index is 0.178. The quantitative estimate of drug-likeness (QED) is 0.919. The van der Waals surface area contributed by atoms with Crippen molar-refractivity contribution in [1.82, 2.24) is 9.88 Å². The van der Waals surface area contributed by atoms with Crippen LogP contribution in [0.1, 0.15) is 22.3 Å². The third-order valence-electron chi connectivity index (χ3n) is 2.73. The SMILES string of the molecule is CCNc1ccc(Cl)c(C(=O)N(C)Cc2cccs2)n1. The molecule has 0 aliphatic carbocycles. The Balaban J connectivity index is 2.17. The van der Waals surface area contributed by atoms with Gasteiger partial charge in [0.1, 0.15) is 11.5 Å². The number of carbonyl (C=O) groups excluding carboxylic acids is 1. The van der Waals surface area contributed by atoms with E-state index in [9.17, 15) is 4.79 Å². The molecule has 20 heavy (non-hydrogen) atoms. The number of amides is 1. The summed E-state index contributed by atoms with van der Waals surface area (Å²) in [6.45, 7) is 3.27. The molecular formula is C14H16ClN3OS. The fourth-order valence-corrected chi connectivity index (χ4v) is 2.70. The molecule has 1 N–H and O–H groups in total. The van der Waals surface area contributed by atoms with Crippen LogP contribution in [0.25, 0.3) is 0 Å². The molecule has 2 heterocycles. The van der Waals surface area contributed by atoms with Gasteiger partial charge in [0.05, 0.1) is 11.6 Å². The fraction of sp³-hybridized carbons (Fsp3) is 0.286. The van der Waals surface area contributed by atoms with Gasteiger partial charge in [0.15, 0.2) is 0 Å². The highest BCUT2D eigenvalue weighted by molar-refractivity contribution is 7.09.